The van der Waals surface area contributed by atoms with Crippen molar-refractivity contribution in [1.82, 2.24) is 0 Å². The average Bonchev–Trinajstić information content (AvgIpc) is 2.46. The lowest BCUT2D eigenvalue weighted by atomic mass is 9.87. The molecule has 0 saturated carbocycles. The van der Waals surface area contributed by atoms with Gasteiger partial charge in [-0.15, -0.1) is 0 Å². The SMILES string of the molecule is O=C(O)C1C=CCC=C1C(=O)C(O)c1ccccc1. The summed E-state index contributed by atoms with van der Waals surface area (Å²) in [4.78, 5) is 23.3. The summed E-state index contributed by atoms with van der Waals surface area (Å²) >= 11 is 0. The first-order valence-electron chi connectivity index (χ1n) is 5.98. The van der Waals surface area contributed by atoms with Gasteiger partial charge in [-0.25, -0.2) is 0 Å². The summed E-state index contributed by atoms with van der Waals surface area (Å²) in [6.45, 7) is 0. The Labute approximate surface area is 110 Å². The average molecular weight is 258 g/mol. The molecule has 2 atom stereocenters. The molecule has 4 heteroatoms. The van der Waals surface area contributed by atoms with E-state index in [1.54, 1.807) is 42.5 Å². The lowest BCUT2D eigenvalue weighted by Gasteiger charge is -2.18. The fraction of sp³-hybridized carbons (Fsp3) is 0.200. The maximum atomic E-state index is 12.2. The van der Waals surface area contributed by atoms with Gasteiger partial charge in [-0.1, -0.05) is 48.6 Å². The van der Waals surface area contributed by atoms with Crippen molar-refractivity contribution in [3.8, 4) is 0 Å². The molecule has 0 heterocycles. The molecule has 4 nitrogen and oxygen atoms in total. The molecular formula is C15H14O4. The number of allylic oxidation sites excluding steroid dienone is 2. The van der Waals surface area contributed by atoms with Gasteiger partial charge in [-0.3, -0.25) is 9.59 Å². The Kier molecular flexibility index (Phi) is 3.92. The number of carbonyl (C=O) groups excluding carboxylic acids is 1. The van der Waals surface area contributed by atoms with Crippen molar-refractivity contribution in [3.05, 3.63) is 59.7 Å². The van der Waals surface area contributed by atoms with E-state index in [9.17, 15) is 14.7 Å². The molecule has 0 bridgehead atoms. The third kappa shape index (κ3) is 2.80. The van der Waals surface area contributed by atoms with Crippen molar-refractivity contribution in [2.75, 3.05) is 0 Å². The molecule has 2 N–H and O–H groups in total. The van der Waals surface area contributed by atoms with Gasteiger partial charge in [0, 0.05) is 5.57 Å². The van der Waals surface area contributed by atoms with E-state index in [2.05, 4.69) is 0 Å². The second kappa shape index (κ2) is 5.63. The largest absolute Gasteiger partial charge is 0.481 e. The summed E-state index contributed by atoms with van der Waals surface area (Å²) in [5, 5.41) is 19.1. The zero-order chi connectivity index (χ0) is 13.8. The number of ketones is 1. The number of carbonyl (C=O) groups is 2. The molecule has 0 saturated heterocycles. The Bertz CT molecular complexity index is 543. The molecule has 0 amide bonds. The Hall–Kier alpha value is -2.20. The van der Waals surface area contributed by atoms with Crippen molar-refractivity contribution in [3.63, 3.8) is 0 Å². The number of hydrogen-bond donors (Lipinski definition) is 2. The van der Waals surface area contributed by atoms with Crippen LogP contribution in [0.1, 0.15) is 18.1 Å². The smallest absolute Gasteiger partial charge is 0.314 e. The van der Waals surface area contributed by atoms with E-state index in [-0.39, 0.29) is 5.57 Å². The minimum Gasteiger partial charge on any atom is -0.481 e. The van der Waals surface area contributed by atoms with Gasteiger partial charge in [0.2, 0.25) is 0 Å². The third-order valence-electron chi connectivity index (χ3n) is 3.05. The first-order valence-corrected chi connectivity index (χ1v) is 5.98. The van der Waals surface area contributed by atoms with Crippen LogP contribution < -0.4 is 0 Å². The van der Waals surface area contributed by atoms with Crippen LogP contribution >= 0.6 is 0 Å². The van der Waals surface area contributed by atoms with E-state index in [0.29, 0.717) is 12.0 Å². The molecular weight excluding hydrogens is 244 g/mol. The van der Waals surface area contributed by atoms with Crippen LogP contribution in [0.5, 0.6) is 0 Å². The van der Waals surface area contributed by atoms with Crippen LogP contribution in [0, 0.1) is 5.92 Å². The molecule has 2 rings (SSSR count). The number of carboxylic acid groups (broad SMARTS) is 1. The minimum atomic E-state index is -1.32. The van der Waals surface area contributed by atoms with Crippen LogP contribution in [0.25, 0.3) is 0 Å². The monoisotopic (exact) mass is 258 g/mol. The van der Waals surface area contributed by atoms with Crippen molar-refractivity contribution in [2.24, 2.45) is 5.92 Å². The van der Waals surface area contributed by atoms with Crippen LogP contribution in [0.2, 0.25) is 0 Å². The van der Waals surface area contributed by atoms with Crippen LogP contribution in [-0.2, 0) is 9.59 Å². The van der Waals surface area contributed by atoms with E-state index >= 15 is 0 Å². The molecule has 98 valence electrons. The van der Waals surface area contributed by atoms with Crippen molar-refractivity contribution < 1.29 is 19.8 Å². The van der Waals surface area contributed by atoms with Crippen molar-refractivity contribution in [2.45, 2.75) is 12.5 Å². The molecule has 1 aliphatic rings. The highest BCUT2D eigenvalue weighted by Crippen LogP contribution is 2.26. The van der Waals surface area contributed by atoms with E-state index in [1.807, 2.05) is 0 Å². The second-order valence-electron chi connectivity index (χ2n) is 4.32. The quantitative estimate of drug-likeness (QED) is 0.808. The maximum absolute atomic E-state index is 12.2. The number of aliphatic carboxylic acids is 1. The number of benzene rings is 1. The minimum absolute atomic E-state index is 0.145. The normalized spacial score (nSPS) is 19.6. The molecule has 1 aromatic carbocycles. The molecule has 19 heavy (non-hydrogen) atoms. The van der Waals surface area contributed by atoms with Crippen molar-refractivity contribution in [1.29, 1.82) is 0 Å². The Morgan fingerprint density at radius 2 is 1.89 bits per heavy atom. The van der Waals surface area contributed by atoms with E-state index in [4.69, 9.17) is 5.11 Å². The number of aliphatic hydroxyl groups is 1. The van der Waals surface area contributed by atoms with Crippen LogP contribution in [0.3, 0.4) is 0 Å². The van der Waals surface area contributed by atoms with E-state index in [1.165, 1.54) is 6.08 Å². The topological polar surface area (TPSA) is 74.6 Å². The first kappa shape index (κ1) is 13.2. The molecule has 0 radical (unpaired) electrons. The molecule has 2 unspecified atom stereocenters. The Morgan fingerprint density at radius 3 is 2.53 bits per heavy atom. The molecule has 0 fully saturated rings. The van der Waals surface area contributed by atoms with Crippen LogP contribution in [-0.4, -0.2) is 22.0 Å². The molecule has 1 aromatic rings. The second-order valence-corrected chi connectivity index (χ2v) is 4.32. The summed E-state index contributed by atoms with van der Waals surface area (Å²) in [7, 11) is 0. The highest BCUT2D eigenvalue weighted by Gasteiger charge is 2.30. The summed E-state index contributed by atoms with van der Waals surface area (Å²) in [6.07, 6.45) is 3.93. The number of Topliss-reactive ketones (excluding diaryl/α,β-unsaturated/α-hetero) is 1. The van der Waals surface area contributed by atoms with Crippen molar-refractivity contribution >= 4 is 11.8 Å². The fourth-order valence-corrected chi connectivity index (χ4v) is 2.05. The molecule has 0 aliphatic heterocycles. The standard InChI is InChI=1S/C15H14O4/c16-13(10-6-2-1-3-7-10)14(17)11-8-4-5-9-12(11)15(18)19/h1-3,5-9,12-13,16H,4H2,(H,18,19). The lowest BCUT2D eigenvalue weighted by Crippen LogP contribution is -2.25. The van der Waals surface area contributed by atoms with Gasteiger partial charge >= 0.3 is 5.97 Å². The van der Waals surface area contributed by atoms with Gasteiger partial charge in [-0.05, 0) is 12.0 Å². The molecule has 0 aromatic heterocycles. The predicted octanol–water partition coefficient (Wildman–Crippen LogP) is 1.88. The van der Waals surface area contributed by atoms with E-state index < -0.39 is 23.8 Å². The van der Waals surface area contributed by atoms with E-state index in [0.717, 1.165) is 0 Å². The van der Waals surface area contributed by atoms with Crippen LogP contribution in [0.15, 0.2) is 54.1 Å². The van der Waals surface area contributed by atoms with Gasteiger partial charge < -0.3 is 10.2 Å². The highest BCUT2D eigenvalue weighted by atomic mass is 16.4. The number of carboxylic acids is 1. The zero-order valence-corrected chi connectivity index (χ0v) is 10.2. The number of hydrogen-bond acceptors (Lipinski definition) is 3. The third-order valence-corrected chi connectivity index (χ3v) is 3.05. The lowest BCUT2D eigenvalue weighted by molar-refractivity contribution is -0.140. The van der Waals surface area contributed by atoms with Gasteiger partial charge in [-0.2, -0.15) is 0 Å². The maximum Gasteiger partial charge on any atom is 0.314 e. The Balaban J connectivity index is 2.24. The first-order chi connectivity index (χ1) is 9.11. The van der Waals surface area contributed by atoms with Gasteiger partial charge in [0.05, 0.1) is 0 Å². The van der Waals surface area contributed by atoms with Gasteiger partial charge in [0.1, 0.15) is 12.0 Å². The summed E-state index contributed by atoms with van der Waals surface area (Å²) in [5.74, 6) is -2.61. The molecule has 1 aliphatic carbocycles. The van der Waals surface area contributed by atoms with Gasteiger partial charge in [0.25, 0.3) is 0 Å². The Morgan fingerprint density at radius 1 is 1.21 bits per heavy atom. The molecule has 0 spiro atoms. The number of aliphatic hydroxyl groups excluding tert-OH is 1. The van der Waals surface area contributed by atoms with Crippen LogP contribution in [0.4, 0.5) is 0 Å². The van der Waals surface area contributed by atoms with Gasteiger partial charge in [0.15, 0.2) is 5.78 Å². The number of rotatable bonds is 4. The highest BCUT2D eigenvalue weighted by molar-refractivity contribution is 6.04. The summed E-state index contributed by atoms with van der Waals surface area (Å²) in [5.41, 5.74) is 0.610. The zero-order valence-electron chi connectivity index (χ0n) is 10.2. The summed E-state index contributed by atoms with van der Waals surface area (Å²) < 4.78 is 0. The summed E-state index contributed by atoms with van der Waals surface area (Å²) in [6, 6.07) is 8.49. The predicted molar refractivity (Wildman–Crippen MR) is 69.4 cm³/mol. The fourth-order valence-electron chi connectivity index (χ4n) is 2.05.